The summed E-state index contributed by atoms with van der Waals surface area (Å²) in [6, 6.07) is 14.3. The Balaban J connectivity index is 1.96. The smallest absolute Gasteiger partial charge is 0.338 e. The SMILES string of the molecule is O=C(O)c1cc(NC2(c3ccccc3)CCCC2)ccc1F. The fraction of sp³-hybridized carbons (Fsp3) is 0.278. The summed E-state index contributed by atoms with van der Waals surface area (Å²) in [5, 5.41) is 12.5. The Labute approximate surface area is 128 Å². The molecule has 0 radical (unpaired) electrons. The minimum absolute atomic E-state index is 0.200. The maximum absolute atomic E-state index is 13.5. The van der Waals surface area contributed by atoms with Gasteiger partial charge in [-0.2, -0.15) is 0 Å². The molecule has 1 aliphatic carbocycles. The van der Waals surface area contributed by atoms with E-state index in [1.165, 1.54) is 17.7 Å². The highest BCUT2D eigenvalue weighted by Crippen LogP contribution is 2.41. The molecule has 1 fully saturated rings. The number of carboxylic acid groups (broad SMARTS) is 1. The van der Waals surface area contributed by atoms with E-state index in [9.17, 15) is 9.18 Å². The van der Waals surface area contributed by atoms with Crippen LogP contribution in [-0.2, 0) is 5.54 Å². The maximum Gasteiger partial charge on any atom is 0.338 e. The highest BCUT2D eigenvalue weighted by molar-refractivity contribution is 5.89. The third-order valence-corrected chi connectivity index (χ3v) is 4.36. The van der Waals surface area contributed by atoms with Crippen molar-refractivity contribution in [3.05, 3.63) is 65.5 Å². The molecule has 1 saturated carbocycles. The predicted octanol–water partition coefficient (Wildman–Crippen LogP) is 4.41. The van der Waals surface area contributed by atoms with Gasteiger partial charge in [0, 0.05) is 5.69 Å². The third-order valence-electron chi connectivity index (χ3n) is 4.36. The molecular formula is C18H18FNO2. The van der Waals surface area contributed by atoms with Gasteiger partial charge in [-0.05, 0) is 36.6 Å². The molecule has 0 heterocycles. The molecule has 0 spiro atoms. The molecule has 3 rings (SSSR count). The topological polar surface area (TPSA) is 49.3 Å². The van der Waals surface area contributed by atoms with E-state index < -0.39 is 11.8 Å². The van der Waals surface area contributed by atoms with Gasteiger partial charge in [0.15, 0.2) is 0 Å². The Morgan fingerprint density at radius 3 is 2.41 bits per heavy atom. The van der Waals surface area contributed by atoms with Crippen molar-refractivity contribution in [3.8, 4) is 0 Å². The van der Waals surface area contributed by atoms with E-state index in [1.807, 2.05) is 18.2 Å². The first kappa shape index (κ1) is 14.6. The summed E-state index contributed by atoms with van der Waals surface area (Å²) in [5.74, 6) is -1.96. The van der Waals surface area contributed by atoms with Crippen molar-refractivity contribution in [2.75, 3.05) is 5.32 Å². The van der Waals surface area contributed by atoms with E-state index in [0.717, 1.165) is 25.7 Å². The van der Waals surface area contributed by atoms with Crippen LogP contribution in [-0.4, -0.2) is 11.1 Å². The first-order chi connectivity index (χ1) is 10.6. The zero-order chi connectivity index (χ0) is 15.6. The number of nitrogens with one attached hydrogen (secondary N) is 1. The maximum atomic E-state index is 13.5. The molecule has 22 heavy (non-hydrogen) atoms. The molecule has 1 aliphatic rings. The van der Waals surface area contributed by atoms with Gasteiger partial charge in [-0.25, -0.2) is 9.18 Å². The summed E-state index contributed by atoms with van der Waals surface area (Å²) in [4.78, 5) is 11.1. The molecule has 3 nitrogen and oxygen atoms in total. The van der Waals surface area contributed by atoms with Crippen LogP contribution in [0.1, 0.15) is 41.6 Å². The van der Waals surface area contributed by atoms with Crippen molar-refractivity contribution in [3.63, 3.8) is 0 Å². The van der Waals surface area contributed by atoms with Gasteiger partial charge in [-0.3, -0.25) is 0 Å². The summed E-state index contributed by atoms with van der Waals surface area (Å²) in [5.41, 5.74) is 1.33. The summed E-state index contributed by atoms with van der Waals surface area (Å²) in [6.45, 7) is 0. The molecule has 0 saturated heterocycles. The van der Waals surface area contributed by atoms with E-state index in [2.05, 4.69) is 17.4 Å². The summed E-state index contributed by atoms with van der Waals surface area (Å²) >= 11 is 0. The lowest BCUT2D eigenvalue weighted by Crippen LogP contribution is -2.32. The van der Waals surface area contributed by atoms with Crippen molar-refractivity contribution in [1.29, 1.82) is 0 Å². The Morgan fingerprint density at radius 2 is 1.77 bits per heavy atom. The van der Waals surface area contributed by atoms with Crippen LogP contribution in [0.5, 0.6) is 0 Å². The second kappa shape index (κ2) is 5.79. The Bertz CT molecular complexity index is 679. The van der Waals surface area contributed by atoms with Gasteiger partial charge in [0.05, 0.1) is 11.1 Å². The molecular weight excluding hydrogens is 281 g/mol. The van der Waals surface area contributed by atoms with Crippen LogP contribution >= 0.6 is 0 Å². The van der Waals surface area contributed by atoms with Crippen LogP contribution in [0.2, 0.25) is 0 Å². The Morgan fingerprint density at radius 1 is 1.09 bits per heavy atom. The molecule has 2 N–H and O–H groups in total. The summed E-state index contributed by atoms with van der Waals surface area (Å²) in [6.07, 6.45) is 4.21. The lowest BCUT2D eigenvalue weighted by Gasteiger charge is -2.32. The zero-order valence-electron chi connectivity index (χ0n) is 12.2. The normalized spacial score (nSPS) is 16.4. The fourth-order valence-corrected chi connectivity index (χ4v) is 3.26. The van der Waals surface area contributed by atoms with Crippen LogP contribution in [0.15, 0.2) is 48.5 Å². The number of hydrogen-bond donors (Lipinski definition) is 2. The van der Waals surface area contributed by atoms with Crippen molar-refractivity contribution < 1.29 is 14.3 Å². The number of rotatable bonds is 4. The standard InChI is InChI=1S/C18H18FNO2/c19-16-9-8-14(12-15(16)17(21)22)20-18(10-4-5-11-18)13-6-2-1-3-7-13/h1-3,6-9,12,20H,4-5,10-11H2,(H,21,22). The highest BCUT2D eigenvalue weighted by atomic mass is 19.1. The number of hydrogen-bond acceptors (Lipinski definition) is 2. The number of carbonyl (C=O) groups is 1. The Kier molecular flexibility index (Phi) is 3.84. The number of benzene rings is 2. The predicted molar refractivity (Wildman–Crippen MR) is 83.6 cm³/mol. The first-order valence-electron chi connectivity index (χ1n) is 7.47. The van der Waals surface area contributed by atoms with Crippen LogP contribution in [0.4, 0.5) is 10.1 Å². The molecule has 0 atom stereocenters. The molecule has 0 unspecified atom stereocenters. The molecule has 0 aromatic heterocycles. The average Bonchev–Trinajstić information content (AvgIpc) is 3.00. The second-order valence-electron chi connectivity index (χ2n) is 5.78. The molecule has 0 amide bonds. The van der Waals surface area contributed by atoms with Crippen molar-refractivity contribution in [2.24, 2.45) is 0 Å². The summed E-state index contributed by atoms with van der Waals surface area (Å²) in [7, 11) is 0. The quantitative estimate of drug-likeness (QED) is 0.879. The van der Waals surface area contributed by atoms with Crippen LogP contribution < -0.4 is 5.32 Å². The lowest BCUT2D eigenvalue weighted by atomic mass is 9.87. The van der Waals surface area contributed by atoms with Crippen LogP contribution in [0.25, 0.3) is 0 Å². The highest BCUT2D eigenvalue weighted by Gasteiger charge is 2.35. The Hall–Kier alpha value is -2.36. The van der Waals surface area contributed by atoms with Gasteiger partial charge in [-0.1, -0.05) is 43.2 Å². The number of aromatic carboxylic acids is 1. The monoisotopic (exact) mass is 299 g/mol. The molecule has 0 aliphatic heterocycles. The first-order valence-corrected chi connectivity index (χ1v) is 7.47. The van der Waals surface area contributed by atoms with Crippen molar-refractivity contribution in [2.45, 2.75) is 31.2 Å². The minimum Gasteiger partial charge on any atom is -0.478 e. The van der Waals surface area contributed by atoms with E-state index in [-0.39, 0.29) is 11.1 Å². The van der Waals surface area contributed by atoms with Crippen molar-refractivity contribution >= 4 is 11.7 Å². The fourth-order valence-electron chi connectivity index (χ4n) is 3.26. The van der Waals surface area contributed by atoms with E-state index in [1.54, 1.807) is 6.07 Å². The third kappa shape index (κ3) is 2.69. The van der Waals surface area contributed by atoms with Gasteiger partial charge in [0.25, 0.3) is 0 Å². The van der Waals surface area contributed by atoms with Crippen LogP contribution in [0, 0.1) is 5.82 Å². The van der Waals surface area contributed by atoms with Crippen molar-refractivity contribution in [1.82, 2.24) is 0 Å². The second-order valence-corrected chi connectivity index (χ2v) is 5.78. The van der Waals surface area contributed by atoms with Gasteiger partial charge < -0.3 is 10.4 Å². The number of carboxylic acids is 1. The zero-order valence-corrected chi connectivity index (χ0v) is 12.2. The number of halogens is 1. The molecule has 2 aromatic rings. The molecule has 2 aromatic carbocycles. The largest absolute Gasteiger partial charge is 0.478 e. The van der Waals surface area contributed by atoms with E-state index in [4.69, 9.17) is 5.11 Å². The molecule has 114 valence electrons. The summed E-state index contributed by atoms with van der Waals surface area (Å²) < 4.78 is 13.5. The molecule has 4 heteroatoms. The number of anilines is 1. The van der Waals surface area contributed by atoms with Gasteiger partial charge >= 0.3 is 5.97 Å². The van der Waals surface area contributed by atoms with E-state index in [0.29, 0.717) is 5.69 Å². The van der Waals surface area contributed by atoms with Gasteiger partial charge in [-0.15, -0.1) is 0 Å². The molecule has 0 bridgehead atoms. The van der Waals surface area contributed by atoms with Crippen LogP contribution in [0.3, 0.4) is 0 Å². The van der Waals surface area contributed by atoms with E-state index >= 15 is 0 Å². The van der Waals surface area contributed by atoms with Gasteiger partial charge in [0.1, 0.15) is 5.82 Å². The van der Waals surface area contributed by atoms with Gasteiger partial charge in [0.2, 0.25) is 0 Å². The lowest BCUT2D eigenvalue weighted by molar-refractivity contribution is 0.0692. The average molecular weight is 299 g/mol. The minimum atomic E-state index is -1.25.